The Morgan fingerprint density at radius 1 is 0.818 bits per heavy atom. The molecule has 0 N–H and O–H groups in total. The number of hydroxylamine groups is 1. The second-order valence-corrected chi connectivity index (χ2v) is 8.69. The van der Waals surface area contributed by atoms with Crippen molar-refractivity contribution >= 4 is 39.1 Å². The van der Waals surface area contributed by atoms with Crippen molar-refractivity contribution in [2.24, 2.45) is 5.92 Å². The number of carbonyl (C=O) groups is 2. The van der Waals surface area contributed by atoms with Crippen molar-refractivity contribution < 1.29 is 27.6 Å². The van der Waals surface area contributed by atoms with Gasteiger partial charge < -0.3 is 0 Å². The van der Waals surface area contributed by atoms with Gasteiger partial charge in [0.15, 0.2) is 6.10 Å². The van der Waals surface area contributed by atoms with E-state index in [1.54, 1.807) is 12.1 Å². The molecule has 2 aliphatic heterocycles. The van der Waals surface area contributed by atoms with Crippen LogP contribution in [-0.2, 0) is 20.6 Å². The first-order valence-corrected chi connectivity index (χ1v) is 10.9. The molecule has 2 aliphatic rings. The predicted octanol–water partition coefficient (Wildman–Crippen LogP) is 5.52. The molecule has 168 valence electrons. The lowest BCUT2D eigenvalue weighted by atomic mass is 9.90. The summed E-state index contributed by atoms with van der Waals surface area (Å²) >= 11 is 3.39. The van der Waals surface area contributed by atoms with E-state index in [9.17, 15) is 22.8 Å². The maximum absolute atomic E-state index is 13.5. The minimum absolute atomic E-state index is 0.126. The number of benzene rings is 3. The summed E-state index contributed by atoms with van der Waals surface area (Å²) in [6, 6.07) is 19.9. The van der Waals surface area contributed by atoms with E-state index in [1.165, 1.54) is 17.2 Å². The number of hydrogen-bond acceptors (Lipinski definition) is 4. The standard InChI is InChI=1S/C24H16BrF3N2O3/c25-16-11-9-14(10-12-16)20-19-21(33-30(20)17-6-2-1-3-7-17)23(32)29(22(19)31)18-8-4-5-15(13-18)24(26,27)28/h1-13,19-21H/t19-,20-,21+/m0/s1. The molecule has 0 radical (unpaired) electrons. The molecule has 5 rings (SSSR count). The van der Waals surface area contributed by atoms with Crippen molar-refractivity contribution in [3.05, 3.63) is 94.5 Å². The molecule has 3 atom stereocenters. The molecule has 3 aromatic rings. The van der Waals surface area contributed by atoms with Crippen molar-refractivity contribution in [2.75, 3.05) is 9.96 Å². The number of nitrogens with zero attached hydrogens (tertiary/aromatic N) is 2. The van der Waals surface area contributed by atoms with Gasteiger partial charge in [-0.25, -0.2) is 9.96 Å². The zero-order valence-corrected chi connectivity index (χ0v) is 18.5. The number of rotatable bonds is 3. The first-order chi connectivity index (χ1) is 15.8. The zero-order chi connectivity index (χ0) is 23.3. The number of hydrogen-bond donors (Lipinski definition) is 0. The molecule has 5 nitrogen and oxygen atoms in total. The molecule has 0 bridgehead atoms. The Morgan fingerprint density at radius 3 is 2.15 bits per heavy atom. The van der Waals surface area contributed by atoms with Crippen molar-refractivity contribution in [3.63, 3.8) is 0 Å². The van der Waals surface area contributed by atoms with Gasteiger partial charge >= 0.3 is 6.18 Å². The van der Waals surface area contributed by atoms with E-state index in [2.05, 4.69) is 15.9 Å². The van der Waals surface area contributed by atoms with Gasteiger partial charge in [0.1, 0.15) is 5.92 Å². The summed E-state index contributed by atoms with van der Waals surface area (Å²) in [4.78, 5) is 33.5. The van der Waals surface area contributed by atoms with E-state index in [1.807, 2.05) is 42.5 Å². The monoisotopic (exact) mass is 516 g/mol. The van der Waals surface area contributed by atoms with E-state index in [0.29, 0.717) is 5.69 Å². The SMILES string of the molecule is O=C1[C@@H]2[C@@H](ON(c3ccccc3)[C@H]2c2ccc(Br)cc2)C(=O)N1c1cccc(C(F)(F)F)c1. The van der Waals surface area contributed by atoms with E-state index >= 15 is 0 Å². The zero-order valence-electron chi connectivity index (χ0n) is 16.9. The molecule has 0 aliphatic carbocycles. The molecule has 2 saturated heterocycles. The lowest BCUT2D eigenvalue weighted by molar-refractivity contribution is -0.137. The maximum atomic E-state index is 13.5. The predicted molar refractivity (Wildman–Crippen MR) is 118 cm³/mol. The van der Waals surface area contributed by atoms with Gasteiger partial charge in [-0.3, -0.25) is 14.4 Å². The van der Waals surface area contributed by atoms with Crippen LogP contribution in [0.25, 0.3) is 0 Å². The Balaban J connectivity index is 1.57. The molecule has 2 amide bonds. The fourth-order valence-electron chi connectivity index (χ4n) is 4.29. The van der Waals surface area contributed by atoms with Gasteiger partial charge in [0.2, 0.25) is 5.91 Å². The molecule has 2 heterocycles. The van der Waals surface area contributed by atoms with Crippen LogP contribution in [0.3, 0.4) is 0 Å². The average Bonchev–Trinajstić information content (AvgIpc) is 3.30. The highest BCUT2D eigenvalue weighted by atomic mass is 79.9. The number of para-hydroxylation sites is 1. The Morgan fingerprint density at radius 2 is 1.48 bits per heavy atom. The molecular formula is C24H16BrF3N2O3. The van der Waals surface area contributed by atoms with Crippen molar-refractivity contribution in [1.82, 2.24) is 0 Å². The van der Waals surface area contributed by atoms with Crippen LogP contribution in [0, 0.1) is 5.92 Å². The van der Waals surface area contributed by atoms with Crippen molar-refractivity contribution in [3.8, 4) is 0 Å². The first-order valence-electron chi connectivity index (χ1n) is 10.1. The molecule has 2 fully saturated rings. The molecular weight excluding hydrogens is 501 g/mol. The van der Waals surface area contributed by atoms with Crippen LogP contribution < -0.4 is 9.96 Å². The molecule has 3 aromatic carbocycles. The Labute approximate surface area is 195 Å². The summed E-state index contributed by atoms with van der Waals surface area (Å²) in [5.41, 5.74) is 0.334. The Bertz CT molecular complexity index is 1220. The molecule has 0 aromatic heterocycles. The smallest absolute Gasteiger partial charge is 0.273 e. The third-order valence-corrected chi connectivity index (χ3v) is 6.30. The van der Waals surface area contributed by atoms with Gasteiger partial charge in [0.05, 0.1) is 23.0 Å². The second-order valence-electron chi connectivity index (χ2n) is 7.77. The second kappa shape index (κ2) is 8.00. The maximum Gasteiger partial charge on any atom is 0.416 e. The molecule has 0 spiro atoms. The van der Waals surface area contributed by atoms with E-state index in [4.69, 9.17) is 4.84 Å². The highest BCUT2D eigenvalue weighted by Gasteiger charge is 2.60. The lowest BCUT2D eigenvalue weighted by Gasteiger charge is -2.29. The number of alkyl halides is 3. The highest BCUT2D eigenvalue weighted by Crippen LogP contribution is 2.48. The van der Waals surface area contributed by atoms with Crippen LogP contribution >= 0.6 is 15.9 Å². The summed E-state index contributed by atoms with van der Waals surface area (Å²) in [6.07, 6.45) is -5.75. The molecule has 9 heteroatoms. The van der Waals surface area contributed by atoms with Gasteiger partial charge in [-0.2, -0.15) is 13.2 Å². The first kappa shape index (κ1) is 21.7. The minimum Gasteiger partial charge on any atom is -0.273 e. The van der Waals surface area contributed by atoms with Crippen molar-refractivity contribution in [1.29, 1.82) is 0 Å². The van der Waals surface area contributed by atoms with Gasteiger partial charge in [-0.1, -0.05) is 52.3 Å². The summed E-state index contributed by atoms with van der Waals surface area (Å²) in [7, 11) is 0. The van der Waals surface area contributed by atoms with Crippen LogP contribution in [0.4, 0.5) is 24.5 Å². The summed E-state index contributed by atoms with van der Waals surface area (Å²) in [6.45, 7) is 0. The van der Waals surface area contributed by atoms with E-state index < -0.39 is 41.6 Å². The summed E-state index contributed by atoms with van der Waals surface area (Å²) in [5, 5.41) is 1.54. The number of amides is 2. The highest BCUT2D eigenvalue weighted by molar-refractivity contribution is 9.10. The average molecular weight is 517 g/mol. The largest absolute Gasteiger partial charge is 0.416 e. The Kier molecular flexibility index (Phi) is 5.25. The topological polar surface area (TPSA) is 49.9 Å². The number of imide groups is 1. The molecule has 0 saturated carbocycles. The summed E-state index contributed by atoms with van der Waals surface area (Å²) < 4.78 is 40.5. The van der Waals surface area contributed by atoms with Crippen LogP contribution in [0.15, 0.2) is 83.3 Å². The van der Waals surface area contributed by atoms with E-state index in [0.717, 1.165) is 27.1 Å². The van der Waals surface area contributed by atoms with Crippen LogP contribution in [-0.4, -0.2) is 17.9 Å². The van der Waals surface area contributed by atoms with Crippen molar-refractivity contribution in [2.45, 2.75) is 18.3 Å². The Hall–Kier alpha value is -3.17. The third-order valence-electron chi connectivity index (χ3n) is 5.77. The normalized spacial score (nSPS) is 22.7. The molecule has 0 unspecified atom stereocenters. The summed E-state index contributed by atoms with van der Waals surface area (Å²) in [5.74, 6) is -2.21. The van der Waals surface area contributed by atoms with Gasteiger partial charge in [0, 0.05) is 4.47 Å². The third kappa shape index (κ3) is 3.71. The van der Waals surface area contributed by atoms with Crippen LogP contribution in [0.2, 0.25) is 0 Å². The quantitative estimate of drug-likeness (QED) is 0.430. The lowest BCUT2D eigenvalue weighted by Crippen LogP contribution is -2.37. The van der Waals surface area contributed by atoms with Gasteiger partial charge in [0.25, 0.3) is 5.91 Å². The number of anilines is 2. The fraction of sp³-hybridized carbons (Fsp3) is 0.167. The number of carbonyl (C=O) groups excluding carboxylic acids is 2. The van der Waals surface area contributed by atoms with Crippen LogP contribution in [0.1, 0.15) is 17.2 Å². The number of halogens is 4. The minimum atomic E-state index is -4.60. The fourth-order valence-corrected chi connectivity index (χ4v) is 4.55. The van der Waals surface area contributed by atoms with Gasteiger partial charge in [-0.05, 0) is 48.0 Å². The van der Waals surface area contributed by atoms with Gasteiger partial charge in [-0.15, -0.1) is 0 Å². The van der Waals surface area contributed by atoms with Crippen LogP contribution in [0.5, 0.6) is 0 Å². The van der Waals surface area contributed by atoms with E-state index in [-0.39, 0.29) is 5.69 Å². The number of fused-ring (bicyclic) bond motifs is 1. The molecule has 33 heavy (non-hydrogen) atoms.